The SMILES string of the molecule is Cc1c(N)nc(C2CC(=O)N2CC(N)C(N)=O)nc1C(=O)NC(C(=O)NC(C)C(O)C(C)C(=O)NC(C(=O)NCCc1nc(-c2nc(C(=O)NCCNCC(C)O)cs2)cs1)C(C)O)C(OC1OC(CO)C(O)C(O)C1OC1OC(CO)C(O)C(OC(N)=O)C1O)c1cnc[nH]1. The number of hydrogen-bond acceptors (Lipinski definition) is 32. The van der Waals surface area contributed by atoms with Gasteiger partial charge in [-0.15, -0.1) is 22.7 Å². The summed E-state index contributed by atoms with van der Waals surface area (Å²) in [6.45, 7) is 5.41. The maximum absolute atomic E-state index is 15.2. The zero-order valence-corrected chi connectivity index (χ0v) is 54.0. The van der Waals surface area contributed by atoms with Crippen LogP contribution in [-0.2, 0) is 54.1 Å². The third kappa shape index (κ3) is 18.7. The Morgan fingerprint density at radius 2 is 1.49 bits per heavy atom. The standard InChI is InChI=1S/C55H81N17O22S2/c1-19(75)11-60-8-9-63-48(85)26-16-96-52(67-26)27-17-95-31(66-27)6-7-62-49(86)34(23(5)76)69-47(84)21(3)36(78)22(4)65-51(88)35(70-50(87)33-20(2)44(57)71-46(68-33)28-10-32(77)72(28)13-24(56)45(58)83)41(25-12-61-18-64-25)92-54-43(39(81)37(79)29(14-73)91-54)93-53-40(82)42(94-55(59)89)38(80)30(15-74)90-53/h12,16-19,21-24,28-30,34-43,53-54,60,73-76,78-82H,6-11,13-15,56H2,1-5H3,(H2,58,83)(H2,59,89)(H,61,64)(H,62,86)(H,63,85)(H,65,88)(H,69,84)(H,70,87)(H2,57,68,71). The zero-order chi connectivity index (χ0) is 70.6. The molecule has 0 spiro atoms. The second-order valence-electron chi connectivity index (χ2n) is 23.0. The average molecular weight is 1400 g/mol. The molecule has 3 aliphatic rings. The van der Waals surface area contributed by atoms with Gasteiger partial charge in [0.05, 0.1) is 73.1 Å². The van der Waals surface area contributed by atoms with Crippen LogP contribution in [0.3, 0.4) is 0 Å². The molecule has 4 aromatic heterocycles. The van der Waals surface area contributed by atoms with Crippen LogP contribution in [-0.4, -0.2) is 278 Å². The Balaban J connectivity index is 1.11. The summed E-state index contributed by atoms with van der Waals surface area (Å²) in [7, 11) is 0. The Hall–Kier alpha value is -7.69. The number of carbonyl (C=O) groups is 8. The van der Waals surface area contributed by atoms with Gasteiger partial charge in [-0.25, -0.2) is 29.7 Å². The van der Waals surface area contributed by atoms with E-state index in [1.54, 1.807) is 17.7 Å². The number of thiazole rings is 2. The van der Waals surface area contributed by atoms with Crippen molar-refractivity contribution in [2.75, 3.05) is 51.7 Å². The molecule has 24 N–H and O–H groups in total. The largest absolute Gasteiger partial charge is 0.441 e. The normalized spacial score (nSPS) is 25.5. The van der Waals surface area contributed by atoms with E-state index >= 15 is 4.79 Å². The summed E-state index contributed by atoms with van der Waals surface area (Å²) in [5, 5.41) is 117. The molecule has 3 aliphatic heterocycles. The van der Waals surface area contributed by atoms with Crippen LogP contribution in [0.4, 0.5) is 10.6 Å². The van der Waals surface area contributed by atoms with Gasteiger partial charge in [-0.1, -0.05) is 6.92 Å². The molecule has 20 atom stereocenters. The molecule has 530 valence electrons. The third-order valence-corrected chi connectivity index (χ3v) is 17.5. The first-order valence-electron chi connectivity index (χ1n) is 30.1. The van der Waals surface area contributed by atoms with Gasteiger partial charge < -0.3 is 134 Å². The van der Waals surface area contributed by atoms with E-state index in [9.17, 15) is 79.5 Å². The van der Waals surface area contributed by atoms with E-state index in [1.165, 1.54) is 50.4 Å². The highest BCUT2D eigenvalue weighted by molar-refractivity contribution is 7.14. The summed E-state index contributed by atoms with van der Waals surface area (Å²) in [5.74, 6) is -8.08. The van der Waals surface area contributed by atoms with Crippen molar-refractivity contribution >= 4 is 75.9 Å². The smallest absolute Gasteiger partial charge is 0.404 e. The fourth-order valence-electron chi connectivity index (χ4n) is 10.2. The van der Waals surface area contributed by atoms with E-state index in [4.69, 9.17) is 46.6 Å². The first kappa shape index (κ1) is 75.7. The number of amides is 8. The Morgan fingerprint density at radius 3 is 2.12 bits per heavy atom. The predicted octanol–water partition coefficient (Wildman–Crippen LogP) is -8.23. The number of likely N-dealkylation sites (tertiary alicyclic amines) is 1. The van der Waals surface area contributed by atoms with Crippen molar-refractivity contribution in [3.8, 4) is 10.7 Å². The van der Waals surface area contributed by atoms with Gasteiger partial charge in [-0.2, -0.15) is 0 Å². The Kier molecular flexibility index (Phi) is 26.8. The third-order valence-electron chi connectivity index (χ3n) is 15.7. The molecule has 0 bridgehead atoms. The number of nitrogens with one attached hydrogen (secondary N) is 7. The van der Waals surface area contributed by atoms with E-state index in [0.717, 1.165) is 17.4 Å². The van der Waals surface area contributed by atoms with Crippen molar-refractivity contribution in [2.24, 2.45) is 23.1 Å². The van der Waals surface area contributed by atoms with Crippen LogP contribution in [0.15, 0.2) is 23.3 Å². The number of β-lactam (4-membered cyclic amide) rings is 1. The Bertz CT molecular complexity index is 3330. The summed E-state index contributed by atoms with van der Waals surface area (Å²) >= 11 is 2.46. The molecular weight excluding hydrogens is 1310 g/mol. The number of nitrogens with two attached hydrogens (primary N) is 4. The number of anilines is 1. The number of nitrogens with zero attached hydrogens (tertiary/aromatic N) is 6. The van der Waals surface area contributed by atoms with Gasteiger partial charge in [-0.05, 0) is 27.7 Å². The number of rotatable bonds is 33. The summed E-state index contributed by atoms with van der Waals surface area (Å²) in [6.07, 6.45) is -25.2. The van der Waals surface area contributed by atoms with Crippen LogP contribution in [0.2, 0.25) is 0 Å². The van der Waals surface area contributed by atoms with E-state index < -0.39 is 188 Å². The Labute approximate surface area is 554 Å². The second-order valence-corrected chi connectivity index (χ2v) is 24.8. The number of aromatic amines is 1. The minimum atomic E-state index is -2.19. The second kappa shape index (κ2) is 34.0. The maximum Gasteiger partial charge on any atom is 0.404 e. The molecule has 0 radical (unpaired) electrons. The average Bonchev–Trinajstić information content (AvgIpc) is 0.897. The summed E-state index contributed by atoms with van der Waals surface area (Å²) < 4.78 is 28.7. The maximum atomic E-state index is 15.2. The van der Waals surface area contributed by atoms with E-state index in [0.29, 0.717) is 35.3 Å². The van der Waals surface area contributed by atoms with E-state index in [-0.39, 0.29) is 54.5 Å². The van der Waals surface area contributed by atoms with Crippen LogP contribution in [0.1, 0.15) is 89.3 Å². The molecule has 96 heavy (non-hydrogen) atoms. The van der Waals surface area contributed by atoms with Crippen molar-refractivity contribution in [1.82, 2.24) is 66.7 Å². The highest BCUT2D eigenvalue weighted by atomic mass is 32.1. The van der Waals surface area contributed by atoms with Crippen LogP contribution in [0.5, 0.6) is 0 Å². The van der Waals surface area contributed by atoms with Gasteiger partial charge in [-0.3, -0.25) is 33.6 Å². The molecule has 7 rings (SSSR count). The van der Waals surface area contributed by atoms with Crippen molar-refractivity contribution in [3.05, 3.63) is 56.8 Å². The van der Waals surface area contributed by atoms with Gasteiger partial charge in [0.1, 0.15) is 101 Å². The number of H-pyrrole nitrogens is 1. The van der Waals surface area contributed by atoms with Crippen LogP contribution >= 0.6 is 22.7 Å². The van der Waals surface area contributed by atoms with Crippen LogP contribution in [0, 0.1) is 12.8 Å². The summed E-state index contributed by atoms with van der Waals surface area (Å²) in [6, 6.07) is -7.54. The molecular formula is C55H81N17O22S2. The van der Waals surface area contributed by atoms with E-state index in [1.807, 2.05) is 0 Å². The van der Waals surface area contributed by atoms with Gasteiger partial charge in [0.25, 0.3) is 11.8 Å². The number of imidazole rings is 1. The minimum Gasteiger partial charge on any atom is -0.441 e. The lowest BCUT2D eigenvalue weighted by Gasteiger charge is -2.47. The lowest BCUT2D eigenvalue weighted by Crippen LogP contribution is -2.65. The molecule has 0 saturated carbocycles. The van der Waals surface area contributed by atoms with E-state index in [2.05, 4.69) is 61.8 Å². The first-order chi connectivity index (χ1) is 45.4. The lowest BCUT2D eigenvalue weighted by molar-refractivity contribution is -0.372. The molecule has 3 fully saturated rings. The summed E-state index contributed by atoms with van der Waals surface area (Å²) in [4.78, 5) is 132. The van der Waals surface area contributed by atoms with Gasteiger partial charge >= 0.3 is 6.09 Å². The predicted molar refractivity (Wildman–Crippen MR) is 329 cm³/mol. The summed E-state index contributed by atoms with van der Waals surface area (Å²) in [5.41, 5.74) is 22.6. The molecule has 3 saturated heterocycles. The Morgan fingerprint density at radius 1 is 0.792 bits per heavy atom. The van der Waals surface area contributed by atoms with Gasteiger partial charge in [0, 0.05) is 55.5 Å². The quantitative estimate of drug-likeness (QED) is 0.0156. The van der Waals surface area contributed by atoms with Gasteiger partial charge in [0.15, 0.2) is 24.5 Å². The molecule has 0 aliphatic carbocycles. The zero-order valence-electron chi connectivity index (χ0n) is 52.4. The van der Waals surface area contributed by atoms with Crippen LogP contribution in [0.25, 0.3) is 10.7 Å². The van der Waals surface area contributed by atoms with Crippen molar-refractivity contribution < 1.29 is 108 Å². The first-order valence-corrected chi connectivity index (χ1v) is 31.8. The fraction of sp³-hybridized carbons (Fsp3) is 0.618. The number of aliphatic hydroxyl groups excluding tert-OH is 9. The molecule has 0 aromatic carbocycles. The van der Waals surface area contributed by atoms with Crippen molar-refractivity contribution in [3.63, 3.8) is 0 Å². The molecule has 8 amide bonds. The number of hydrogen-bond donors (Lipinski definition) is 20. The lowest BCUT2D eigenvalue weighted by atomic mass is 9.96. The number of ether oxygens (including phenoxy) is 5. The molecule has 41 heteroatoms. The van der Waals surface area contributed by atoms with Crippen molar-refractivity contribution in [2.45, 2.75) is 163 Å². The minimum absolute atomic E-state index is 0.0196. The van der Waals surface area contributed by atoms with Crippen LogP contribution < -0.4 is 54.8 Å². The van der Waals surface area contributed by atoms with Gasteiger partial charge in [0.2, 0.25) is 29.5 Å². The number of primary amides is 2. The number of aromatic nitrogens is 6. The van der Waals surface area contributed by atoms with Crippen molar-refractivity contribution in [1.29, 1.82) is 0 Å². The molecule has 39 nitrogen and oxygen atoms in total. The highest BCUT2D eigenvalue weighted by Gasteiger charge is 2.54. The number of aliphatic hydroxyl groups is 9. The highest BCUT2D eigenvalue weighted by Crippen LogP contribution is 2.36. The number of nitrogen functional groups attached to an aromatic ring is 1. The fourth-order valence-corrected chi connectivity index (χ4v) is 11.8. The molecule has 20 unspecified atom stereocenters. The number of carbonyl (C=O) groups excluding carboxylic acids is 8. The molecule has 4 aromatic rings. The molecule has 7 heterocycles. The topological polar surface area (TPSA) is 625 Å². The monoisotopic (exact) mass is 1400 g/mol.